The van der Waals surface area contributed by atoms with Crippen LogP contribution in [0.4, 0.5) is 5.69 Å². The van der Waals surface area contributed by atoms with E-state index in [1.165, 1.54) is 37.7 Å². The molecule has 1 aromatic rings. The average molecular weight is 348 g/mol. The normalized spacial score (nSPS) is 15.0. The van der Waals surface area contributed by atoms with Gasteiger partial charge in [0.1, 0.15) is 5.75 Å². The third-order valence-corrected chi connectivity index (χ3v) is 4.17. The molecule has 7 nitrogen and oxygen atoms in total. The molecular formula is C18H24N2O5. The number of ether oxygens (including phenoxy) is 2. The molecule has 0 aliphatic heterocycles. The molecule has 0 radical (unpaired) electrons. The van der Waals surface area contributed by atoms with Crippen molar-refractivity contribution in [1.82, 2.24) is 5.32 Å². The third kappa shape index (κ3) is 5.48. The summed E-state index contributed by atoms with van der Waals surface area (Å²) >= 11 is 0. The van der Waals surface area contributed by atoms with Crippen LogP contribution in [0.5, 0.6) is 11.5 Å². The molecule has 1 amide bonds. The molecule has 1 aliphatic rings. The highest BCUT2D eigenvalue weighted by molar-refractivity contribution is 5.80. The smallest absolute Gasteiger partial charge is 0.314 e. The molecule has 2 rings (SSSR count). The zero-order chi connectivity index (χ0) is 18.2. The Hall–Kier alpha value is -2.57. The number of carbonyl (C=O) groups is 1. The van der Waals surface area contributed by atoms with E-state index in [1.54, 1.807) is 13.0 Å². The van der Waals surface area contributed by atoms with E-state index in [9.17, 15) is 14.9 Å². The lowest BCUT2D eigenvalue weighted by atomic mass is 9.97. The predicted octanol–water partition coefficient (Wildman–Crippen LogP) is 3.38. The summed E-state index contributed by atoms with van der Waals surface area (Å²) in [5.41, 5.74) is 1.15. The van der Waals surface area contributed by atoms with Crippen LogP contribution in [0.1, 0.15) is 39.0 Å². The summed E-state index contributed by atoms with van der Waals surface area (Å²) in [5.74, 6) is 0.113. The first-order chi connectivity index (χ1) is 12.0. The van der Waals surface area contributed by atoms with E-state index >= 15 is 0 Å². The first kappa shape index (κ1) is 18.8. The second-order valence-corrected chi connectivity index (χ2v) is 6.00. The molecule has 1 N–H and O–H groups in total. The molecule has 1 atom stereocenters. The van der Waals surface area contributed by atoms with Gasteiger partial charge in [0.25, 0.3) is 5.91 Å². The van der Waals surface area contributed by atoms with Gasteiger partial charge in [-0.2, -0.15) is 0 Å². The molecule has 0 spiro atoms. The van der Waals surface area contributed by atoms with E-state index in [1.807, 2.05) is 0 Å². The molecule has 1 aromatic carbocycles. The molecule has 1 aliphatic carbocycles. The Labute approximate surface area is 147 Å². The summed E-state index contributed by atoms with van der Waals surface area (Å²) in [5, 5.41) is 14.0. The van der Waals surface area contributed by atoms with E-state index in [0.29, 0.717) is 12.3 Å². The highest BCUT2D eigenvalue weighted by atomic mass is 16.6. The quantitative estimate of drug-likeness (QED) is 0.442. The summed E-state index contributed by atoms with van der Waals surface area (Å²) in [4.78, 5) is 22.7. The molecule has 0 aromatic heterocycles. The van der Waals surface area contributed by atoms with Crippen LogP contribution in [0, 0.1) is 10.1 Å². The number of benzene rings is 1. The van der Waals surface area contributed by atoms with Gasteiger partial charge in [-0.25, -0.2) is 0 Å². The average Bonchev–Trinajstić information content (AvgIpc) is 2.62. The van der Waals surface area contributed by atoms with Crippen LogP contribution < -0.4 is 14.8 Å². The number of amides is 1. The van der Waals surface area contributed by atoms with Crippen LogP contribution in [0.2, 0.25) is 0 Å². The third-order valence-electron chi connectivity index (χ3n) is 4.17. The van der Waals surface area contributed by atoms with Crippen molar-refractivity contribution >= 4 is 11.6 Å². The van der Waals surface area contributed by atoms with Gasteiger partial charge in [-0.05, 0) is 51.2 Å². The second kappa shape index (κ2) is 9.05. The minimum Gasteiger partial charge on any atom is -0.496 e. The van der Waals surface area contributed by atoms with Gasteiger partial charge in [-0.15, -0.1) is 0 Å². The maximum atomic E-state index is 12.1. The zero-order valence-corrected chi connectivity index (χ0v) is 14.6. The number of carbonyl (C=O) groups excluding carboxylic acids is 1. The fourth-order valence-electron chi connectivity index (χ4n) is 2.73. The van der Waals surface area contributed by atoms with Crippen LogP contribution in [-0.2, 0) is 4.79 Å². The van der Waals surface area contributed by atoms with Crippen LogP contribution in [0.15, 0.2) is 29.8 Å². The lowest BCUT2D eigenvalue weighted by molar-refractivity contribution is -0.386. The summed E-state index contributed by atoms with van der Waals surface area (Å²) in [6.07, 6.45) is 6.91. The lowest BCUT2D eigenvalue weighted by Crippen LogP contribution is -2.37. The second-order valence-electron chi connectivity index (χ2n) is 6.00. The molecule has 7 heteroatoms. The number of allylic oxidation sites excluding steroid dienone is 1. The maximum Gasteiger partial charge on any atom is 0.314 e. The molecule has 1 unspecified atom stereocenters. The van der Waals surface area contributed by atoms with Crippen LogP contribution in [-0.4, -0.2) is 30.6 Å². The van der Waals surface area contributed by atoms with Crippen LogP contribution in [0.3, 0.4) is 0 Å². The molecule has 25 heavy (non-hydrogen) atoms. The monoisotopic (exact) mass is 348 g/mol. The summed E-state index contributed by atoms with van der Waals surface area (Å²) in [6.45, 7) is 2.12. The van der Waals surface area contributed by atoms with Gasteiger partial charge in [0.15, 0.2) is 11.9 Å². The summed E-state index contributed by atoms with van der Waals surface area (Å²) in [6, 6.07) is 4.27. The fraction of sp³-hybridized carbons (Fsp3) is 0.500. The lowest BCUT2D eigenvalue weighted by Gasteiger charge is -2.16. The maximum absolute atomic E-state index is 12.1. The van der Waals surface area contributed by atoms with E-state index in [-0.39, 0.29) is 17.3 Å². The predicted molar refractivity (Wildman–Crippen MR) is 93.9 cm³/mol. The number of nitrogens with one attached hydrogen (secondary N) is 1. The molecule has 0 heterocycles. The molecule has 0 fully saturated rings. The van der Waals surface area contributed by atoms with E-state index in [2.05, 4.69) is 11.4 Å². The van der Waals surface area contributed by atoms with Gasteiger partial charge in [0.05, 0.1) is 18.1 Å². The Bertz CT molecular complexity index is 657. The molecule has 136 valence electrons. The van der Waals surface area contributed by atoms with Crippen molar-refractivity contribution in [1.29, 1.82) is 0 Å². The van der Waals surface area contributed by atoms with Gasteiger partial charge >= 0.3 is 5.69 Å². The Balaban J connectivity index is 1.90. The van der Waals surface area contributed by atoms with Gasteiger partial charge in [-0.3, -0.25) is 14.9 Å². The summed E-state index contributed by atoms with van der Waals surface area (Å²) in [7, 11) is 1.43. The van der Waals surface area contributed by atoms with Crippen molar-refractivity contribution in [3.63, 3.8) is 0 Å². The molecule has 0 bridgehead atoms. The van der Waals surface area contributed by atoms with Crippen molar-refractivity contribution in [3.8, 4) is 11.5 Å². The number of nitro groups is 1. The largest absolute Gasteiger partial charge is 0.496 e. The van der Waals surface area contributed by atoms with Gasteiger partial charge in [0.2, 0.25) is 0 Å². The Kier molecular flexibility index (Phi) is 6.80. The standard InChI is InChI=1S/C18H24N2O5/c1-13(18(21)19-11-10-14-6-4-3-5-7-14)25-17-9-8-15(24-2)12-16(17)20(22)23/h6,8-9,12-13H,3-5,7,10-11H2,1-2H3,(H,19,21). The number of rotatable bonds is 8. The van der Waals surface area contributed by atoms with E-state index in [4.69, 9.17) is 9.47 Å². The Morgan fingerprint density at radius 2 is 2.20 bits per heavy atom. The van der Waals surface area contributed by atoms with Crippen molar-refractivity contribution in [3.05, 3.63) is 40.0 Å². The zero-order valence-electron chi connectivity index (χ0n) is 14.6. The number of nitrogens with zero attached hydrogens (tertiary/aromatic N) is 1. The van der Waals surface area contributed by atoms with Gasteiger partial charge < -0.3 is 14.8 Å². The first-order valence-electron chi connectivity index (χ1n) is 8.46. The minimum atomic E-state index is -0.826. The highest BCUT2D eigenvalue weighted by Crippen LogP contribution is 2.31. The summed E-state index contributed by atoms with van der Waals surface area (Å²) < 4.78 is 10.5. The minimum absolute atomic E-state index is 0.0449. The van der Waals surface area contributed by atoms with Crippen LogP contribution >= 0.6 is 0 Å². The number of methoxy groups -OCH3 is 1. The molecule has 0 saturated carbocycles. The number of hydrogen-bond acceptors (Lipinski definition) is 5. The Morgan fingerprint density at radius 3 is 2.84 bits per heavy atom. The van der Waals surface area contributed by atoms with E-state index in [0.717, 1.165) is 19.3 Å². The fourth-order valence-corrected chi connectivity index (χ4v) is 2.73. The highest BCUT2D eigenvalue weighted by Gasteiger charge is 2.22. The number of hydrogen-bond donors (Lipinski definition) is 1. The van der Waals surface area contributed by atoms with Crippen molar-refractivity contribution in [2.45, 2.75) is 45.1 Å². The van der Waals surface area contributed by atoms with Crippen molar-refractivity contribution < 1.29 is 19.2 Å². The van der Waals surface area contributed by atoms with Crippen LogP contribution in [0.25, 0.3) is 0 Å². The van der Waals surface area contributed by atoms with Crippen molar-refractivity contribution in [2.75, 3.05) is 13.7 Å². The SMILES string of the molecule is COc1ccc(OC(C)C(=O)NCCC2=CCCCC2)c([N+](=O)[O-])c1. The van der Waals surface area contributed by atoms with Crippen molar-refractivity contribution in [2.24, 2.45) is 0 Å². The number of nitro benzene ring substituents is 1. The van der Waals surface area contributed by atoms with Gasteiger partial charge in [-0.1, -0.05) is 11.6 Å². The van der Waals surface area contributed by atoms with Gasteiger partial charge in [0, 0.05) is 6.54 Å². The molecule has 0 saturated heterocycles. The molecular weight excluding hydrogens is 324 g/mol. The first-order valence-corrected chi connectivity index (χ1v) is 8.46. The van der Waals surface area contributed by atoms with E-state index < -0.39 is 11.0 Å². The topological polar surface area (TPSA) is 90.7 Å². The Morgan fingerprint density at radius 1 is 1.40 bits per heavy atom.